The first-order valence-corrected chi connectivity index (χ1v) is 8.17. The van der Waals surface area contributed by atoms with Crippen LogP contribution in [0.25, 0.3) is 0 Å². The maximum Gasteiger partial charge on any atom is 0.317 e. The summed E-state index contributed by atoms with van der Waals surface area (Å²) in [5, 5.41) is 24.8. The Kier molecular flexibility index (Phi) is 6.82. The molecule has 0 aromatic heterocycles. The SMILES string of the molecule is NS(=O)(=O)c1ccc(CNC(=O)CN(CC(=O)O)CC(=O)O)cc1. The maximum atomic E-state index is 11.8. The summed E-state index contributed by atoms with van der Waals surface area (Å²) in [5.41, 5.74) is 0.596. The molecule has 0 bridgehead atoms. The molecule has 0 heterocycles. The molecule has 0 aliphatic rings. The first kappa shape index (κ1) is 19.5. The van der Waals surface area contributed by atoms with Crippen LogP contribution in [0, 0.1) is 0 Å². The second-order valence-electron chi connectivity index (χ2n) is 4.90. The molecule has 0 unspecified atom stereocenters. The van der Waals surface area contributed by atoms with Crippen molar-refractivity contribution >= 4 is 27.9 Å². The second-order valence-corrected chi connectivity index (χ2v) is 6.46. The highest BCUT2D eigenvalue weighted by Gasteiger charge is 2.16. The molecule has 1 rings (SSSR count). The Hall–Kier alpha value is -2.50. The Bertz CT molecular complexity index is 700. The van der Waals surface area contributed by atoms with Gasteiger partial charge in [-0.3, -0.25) is 19.3 Å². The van der Waals surface area contributed by atoms with Crippen molar-refractivity contribution in [3.05, 3.63) is 29.8 Å². The Balaban J connectivity index is 2.58. The number of sulfonamides is 1. The van der Waals surface area contributed by atoms with Gasteiger partial charge in [0.15, 0.2) is 0 Å². The lowest BCUT2D eigenvalue weighted by Gasteiger charge is -2.17. The Morgan fingerprint density at radius 1 is 1.00 bits per heavy atom. The molecule has 1 aromatic carbocycles. The minimum absolute atomic E-state index is 0.0633. The summed E-state index contributed by atoms with van der Waals surface area (Å²) in [4.78, 5) is 33.9. The second kappa shape index (κ2) is 8.38. The van der Waals surface area contributed by atoms with Crippen molar-refractivity contribution in [2.24, 2.45) is 5.14 Å². The predicted octanol–water partition coefficient (Wildman–Crippen LogP) is -1.58. The van der Waals surface area contributed by atoms with E-state index in [1.54, 1.807) is 0 Å². The number of amides is 1. The Morgan fingerprint density at radius 3 is 1.92 bits per heavy atom. The Labute approximate surface area is 137 Å². The molecule has 0 atom stereocenters. The van der Waals surface area contributed by atoms with Crippen molar-refractivity contribution in [1.29, 1.82) is 0 Å². The normalized spacial score (nSPS) is 11.2. The first-order valence-electron chi connectivity index (χ1n) is 6.62. The molecule has 0 aliphatic heterocycles. The molecule has 11 heteroatoms. The molecule has 1 aromatic rings. The van der Waals surface area contributed by atoms with Crippen LogP contribution in [-0.2, 0) is 31.0 Å². The zero-order chi connectivity index (χ0) is 18.3. The number of benzene rings is 1. The fourth-order valence-electron chi connectivity index (χ4n) is 1.81. The number of hydrogen-bond donors (Lipinski definition) is 4. The lowest BCUT2D eigenvalue weighted by atomic mass is 10.2. The van der Waals surface area contributed by atoms with E-state index in [4.69, 9.17) is 15.4 Å². The highest BCUT2D eigenvalue weighted by Crippen LogP contribution is 2.08. The lowest BCUT2D eigenvalue weighted by molar-refractivity contribution is -0.142. The van der Waals surface area contributed by atoms with Crippen molar-refractivity contribution in [2.75, 3.05) is 19.6 Å². The van der Waals surface area contributed by atoms with Gasteiger partial charge in [0.25, 0.3) is 0 Å². The average Bonchev–Trinajstić information content (AvgIpc) is 2.43. The highest BCUT2D eigenvalue weighted by molar-refractivity contribution is 7.89. The molecule has 1 amide bonds. The van der Waals surface area contributed by atoms with Crippen LogP contribution in [0.1, 0.15) is 5.56 Å². The van der Waals surface area contributed by atoms with E-state index in [1.807, 2.05) is 0 Å². The van der Waals surface area contributed by atoms with Gasteiger partial charge in [0, 0.05) is 6.54 Å². The van der Waals surface area contributed by atoms with Gasteiger partial charge < -0.3 is 15.5 Å². The number of carbonyl (C=O) groups is 3. The van der Waals surface area contributed by atoms with Crippen LogP contribution >= 0.6 is 0 Å². The van der Waals surface area contributed by atoms with Gasteiger partial charge in [-0.25, -0.2) is 13.6 Å². The number of nitrogens with one attached hydrogen (secondary N) is 1. The third kappa shape index (κ3) is 7.17. The van der Waals surface area contributed by atoms with Crippen LogP contribution in [0.2, 0.25) is 0 Å². The third-order valence-corrected chi connectivity index (χ3v) is 3.76. The molecule has 0 aliphatic carbocycles. The molecule has 5 N–H and O–H groups in total. The zero-order valence-electron chi connectivity index (χ0n) is 12.5. The van der Waals surface area contributed by atoms with Crippen LogP contribution in [-0.4, -0.2) is 61.0 Å². The third-order valence-electron chi connectivity index (χ3n) is 2.83. The first-order chi connectivity index (χ1) is 11.1. The van der Waals surface area contributed by atoms with Gasteiger partial charge in [0.1, 0.15) is 0 Å². The average molecular weight is 359 g/mol. The molecule has 0 saturated carbocycles. The van der Waals surface area contributed by atoms with E-state index in [9.17, 15) is 22.8 Å². The molecule has 0 radical (unpaired) electrons. The number of carbonyl (C=O) groups excluding carboxylic acids is 1. The van der Waals surface area contributed by atoms with Gasteiger partial charge >= 0.3 is 11.9 Å². The predicted molar refractivity (Wildman–Crippen MR) is 81.4 cm³/mol. The summed E-state index contributed by atoms with van der Waals surface area (Å²) in [6.07, 6.45) is 0. The van der Waals surface area contributed by atoms with Gasteiger partial charge in [-0.15, -0.1) is 0 Å². The Morgan fingerprint density at radius 2 is 1.50 bits per heavy atom. The number of nitrogens with zero attached hydrogens (tertiary/aromatic N) is 1. The number of nitrogens with two attached hydrogens (primary N) is 1. The van der Waals surface area contributed by atoms with Gasteiger partial charge in [-0.05, 0) is 17.7 Å². The van der Waals surface area contributed by atoms with Crippen LogP contribution in [0.5, 0.6) is 0 Å². The molecule has 132 valence electrons. The van der Waals surface area contributed by atoms with E-state index in [0.29, 0.717) is 5.56 Å². The number of primary sulfonamides is 1. The quantitative estimate of drug-likeness (QED) is 0.410. The van der Waals surface area contributed by atoms with Crippen LogP contribution in [0.3, 0.4) is 0 Å². The van der Waals surface area contributed by atoms with Gasteiger partial charge in [0.2, 0.25) is 15.9 Å². The lowest BCUT2D eigenvalue weighted by Crippen LogP contribution is -2.42. The zero-order valence-corrected chi connectivity index (χ0v) is 13.3. The molecule has 24 heavy (non-hydrogen) atoms. The van der Waals surface area contributed by atoms with E-state index in [0.717, 1.165) is 4.90 Å². The monoisotopic (exact) mass is 359 g/mol. The summed E-state index contributed by atoms with van der Waals surface area (Å²) in [6.45, 7) is -1.49. The smallest absolute Gasteiger partial charge is 0.317 e. The summed E-state index contributed by atoms with van der Waals surface area (Å²) in [5.74, 6) is -3.06. The molecular formula is C13H17N3O7S. The largest absolute Gasteiger partial charge is 0.480 e. The molecule has 0 spiro atoms. The number of hydrogen-bond acceptors (Lipinski definition) is 6. The van der Waals surface area contributed by atoms with Crippen molar-refractivity contribution < 1.29 is 33.0 Å². The summed E-state index contributed by atoms with van der Waals surface area (Å²) >= 11 is 0. The van der Waals surface area contributed by atoms with Crippen molar-refractivity contribution in [3.63, 3.8) is 0 Å². The minimum Gasteiger partial charge on any atom is -0.480 e. The fraction of sp³-hybridized carbons (Fsp3) is 0.308. The maximum absolute atomic E-state index is 11.8. The van der Waals surface area contributed by atoms with Crippen LogP contribution in [0.4, 0.5) is 0 Å². The summed E-state index contributed by atoms with van der Waals surface area (Å²) in [7, 11) is -3.80. The topological polar surface area (TPSA) is 167 Å². The standard InChI is InChI=1S/C13H17N3O7S/c14-24(22,23)10-3-1-9(2-4-10)5-15-11(17)6-16(7-12(18)19)8-13(20)21/h1-4H,5-8H2,(H,15,17)(H,18,19)(H,20,21)(H2,14,22,23). The molecule has 0 fully saturated rings. The van der Waals surface area contributed by atoms with Crippen molar-refractivity contribution in [3.8, 4) is 0 Å². The van der Waals surface area contributed by atoms with E-state index in [2.05, 4.69) is 5.32 Å². The van der Waals surface area contributed by atoms with Crippen molar-refractivity contribution in [1.82, 2.24) is 10.2 Å². The molecular weight excluding hydrogens is 342 g/mol. The van der Waals surface area contributed by atoms with E-state index < -0.39 is 47.5 Å². The molecule has 0 saturated heterocycles. The van der Waals surface area contributed by atoms with Crippen LogP contribution in [0.15, 0.2) is 29.2 Å². The summed E-state index contributed by atoms with van der Waals surface area (Å²) in [6, 6.07) is 5.51. The number of carboxylic acids is 2. The van der Waals surface area contributed by atoms with Crippen molar-refractivity contribution in [2.45, 2.75) is 11.4 Å². The van der Waals surface area contributed by atoms with E-state index in [-0.39, 0.29) is 11.4 Å². The fourth-order valence-corrected chi connectivity index (χ4v) is 2.32. The van der Waals surface area contributed by atoms with Crippen LogP contribution < -0.4 is 10.5 Å². The minimum atomic E-state index is -3.80. The van der Waals surface area contributed by atoms with Gasteiger partial charge in [-0.2, -0.15) is 0 Å². The van der Waals surface area contributed by atoms with E-state index in [1.165, 1.54) is 24.3 Å². The number of carboxylic acid groups (broad SMARTS) is 2. The molecule has 10 nitrogen and oxygen atoms in total. The summed E-state index contributed by atoms with van der Waals surface area (Å²) < 4.78 is 22.2. The van der Waals surface area contributed by atoms with Gasteiger partial charge in [0.05, 0.1) is 24.5 Å². The number of aliphatic carboxylic acids is 2. The number of rotatable bonds is 9. The van der Waals surface area contributed by atoms with E-state index >= 15 is 0 Å². The highest BCUT2D eigenvalue weighted by atomic mass is 32.2. The van der Waals surface area contributed by atoms with Gasteiger partial charge in [-0.1, -0.05) is 12.1 Å².